The molecule has 0 bridgehead atoms. The molecule has 0 fully saturated rings. The Bertz CT molecular complexity index is 336. The molecule has 1 aromatic heterocycles. The van der Waals surface area contributed by atoms with E-state index in [1.807, 2.05) is 0 Å². The fourth-order valence-corrected chi connectivity index (χ4v) is 1.59. The lowest BCUT2D eigenvalue weighted by Gasteiger charge is -2.16. The number of aromatic nitrogens is 1. The van der Waals surface area contributed by atoms with Gasteiger partial charge in [-0.15, -0.1) is 0 Å². The Labute approximate surface area is 94.8 Å². The highest BCUT2D eigenvalue weighted by atomic mass is 79.9. The zero-order valence-electron chi connectivity index (χ0n) is 8.08. The molecule has 84 valence electrons. The minimum absolute atomic E-state index is 0.147. The van der Waals surface area contributed by atoms with Crippen molar-refractivity contribution >= 4 is 15.9 Å². The fraction of sp³-hybridized carbons (Fsp3) is 0.444. The van der Waals surface area contributed by atoms with Gasteiger partial charge < -0.3 is 10.5 Å². The average Bonchev–Trinajstić information content (AvgIpc) is 2.18. The number of nitrogens with two attached hydrogens (primary N) is 1. The molecular weight excluding hydrogens is 270 g/mol. The van der Waals surface area contributed by atoms with Crippen LogP contribution in [0.1, 0.15) is 11.5 Å². The van der Waals surface area contributed by atoms with Crippen molar-refractivity contribution in [3.05, 3.63) is 22.3 Å². The zero-order chi connectivity index (χ0) is 11.4. The average molecular weight is 281 g/mol. The number of rotatable bonds is 4. The van der Waals surface area contributed by atoms with Gasteiger partial charge in [-0.1, -0.05) is 0 Å². The number of halogens is 3. The Kier molecular flexibility index (Phi) is 4.41. The van der Waals surface area contributed by atoms with Crippen LogP contribution in [0.4, 0.5) is 8.78 Å². The Hall–Kier alpha value is -0.750. The summed E-state index contributed by atoms with van der Waals surface area (Å²) in [6.45, 7) is -0.147. The molecule has 0 aliphatic heterocycles. The maximum atomic E-state index is 12.7. The first-order valence-electron chi connectivity index (χ1n) is 4.27. The lowest BCUT2D eigenvalue weighted by Crippen LogP contribution is -2.20. The first-order valence-corrected chi connectivity index (χ1v) is 5.07. The predicted octanol–water partition coefficient (Wildman–Crippen LogP) is 2.16. The van der Waals surface area contributed by atoms with Gasteiger partial charge in [-0.05, 0) is 22.0 Å². The van der Waals surface area contributed by atoms with Crippen LogP contribution in [0, 0.1) is 0 Å². The quantitative estimate of drug-likeness (QED) is 0.920. The lowest BCUT2D eigenvalue weighted by molar-refractivity contribution is 0.115. The summed E-state index contributed by atoms with van der Waals surface area (Å²) in [5, 5.41) is 0. The number of pyridine rings is 1. The maximum absolute atomic E-state index is 12.7. The van der Waals surface area contributed by atoms with Crippen LogP contribution in [0.25, 0.3) is 0 Å². The summed E-state index contributed by atoms with van der Waals surface area (Å²) in [6, 6.07) is 1.55. The van der Waals surface area contributed by atoms with Gasteiger partial charge in [0.05, 0.1) is 13.0 Å². The molecule has 0 aromatic carbocycles. The van der Waals surface area contributed by atoms with E-state index in [1.54, 1.807) is 6.07 Å². The largest absolute Gasteiger partial charge is 0.481 e. The van der Waals surface area contributed by atoms with Crippen molar-refractivity contribution in [3.63, 3.8) is 0 Å². The topological polar surface area (TPSA) is 48.1 Å². The molecule has 2 N–H and O–H groups in total. The smallest absolute Gasteiger partial charge is 0.246 e. The summed E-state index contributed by atoms with van der Waals surface area (Å²) in [5.74, 6) is -0.862. The van der Waals surface area contributed by atoms with Gasteiger partial charge in [-0.2, -0.15) is 0 Å². The van der Waals surface area contributed by atoms with Gasteiger partial charge in [-0.3, -0.25) is 0 Å². The minimum Gasteiger partial charge on any atom is -0.481 e. The van der Waals surface area contributed by atoms with Crippen molar-refractivity contribution in [2.75, 3.05) is 13.7 Å². The van der Waals surface area contributed by atoms with E-state index >= 15 is 0 Å². The van der Waals surface area contributed by atoms with E-state index in [9.17, 15) is 8.78 Å². The maximum Gasteiger partial charge on any atom is 0.246 e. The monoisotopic (exact) mass is 280 g/mol. The van der Waals surface area contributed by atoms with Gasteiger partial charge in [0.15, 0.2) is 0 Å². The van der Waals surface area contributed by atoms with E-state index in [-0.39, 0.29) is 12.4 Å². The molecule has 0 radical (unpaired) electrons. The third-order valence-electron chi connectivity index (χ3n) is 2.00. The predicted molar refractivity (Wildman–Crippen MR) is 56.3 cm³/mol. The van der Waals surface area contributed by atoms with E-state index in [4.69, 9.17) is 10.5 Å². The summed E-state index contributed by atoms with van der Waals surface area (Å²) in [6.07, 6.45) is -1.04. The lowest BCUT2D eigenvalue weighted by atomic mass is 10.0. The summed E-state index contributed by atoms with van der Waals surface area (Å²) in [5.41, 5.74) is 5.62. The van der Waals surface area contributed by atoms with Crippen molar-refractivity contribution in [3.8, 4) is 5.88 Å². The SMILES string of the molecule is COc1ncc(Br)cc1C(CN)C(F)F. The van der Waals surface area contributed by atoms with Gasteiger partial charge in [0, 0.05) is 22.8 Å². The van der Waals surface area contributed by atoms with Crippen LogP contribution >= 0.6 is 15.9 Å². The number of hydrogen-bond donors (Lipinski definition) is 1. The molecule has 0 saturated heterocycles. The third kappa shape index (κ3) is 2.85. The second-order valence-corrected chi connectivity index (χ2v) is 3.84. The van der Waals surface area contributed by atoms with Crippen LogP contribution in [-0.4, -0.2) is 25.1 Å². The van der Waals surface area contributed by atoms with Crippen LogP contribution < -0.4 is 10.5 Å². The molecule has 0 aliphatic rings. The number of methoxy groups -OCH3 is 1. The van der Waals surface area contributed by atoms with Crippen LogP contribution in [-0.2, 0) is 0 Å². The Morgan fingerprint density at radius 2 is 2.27 bits per heavy atom. The van der Waals surface area contributed by atoms with Crippen LogP contribution in [0.15, 0.2) is 16.7 Å². The molecule has 1 rings (SSSR count). The first kappa shape index (κ1) is 12.3. The molecular formula is C9H11BrF2N2O. The van der Waals surface area contributed by atoms with Crippen molar-refractivity contribution in [2.24, 2.45) is 5.73 Å². The minimum atomic E-state index is -2.53. The van der Waals surface area contributed by atoms with Gasteiger partial charge in [0.25, 0.3) is 0 Å². The molecule has 1 unspecified atom stereocenters. The van der Waals surface area contributed by atoms with Crippen molar-refractivity contribution in [1.29, 1.82) is 0 Å². The molecule has 0 aliphatic carbocycles. The Balaban J connectivity index is 3.13. The molecule has 0 spiro atoms. The van der Waals surface area contributed by atoms with Crippen molar-refractivity contribution in [2.45, 2.75) is 12.3 Å². The second kappa shape index (κ2) is 5.37. The van der Waals surface area contributed by atoms with Gasteiger partial charge in [-0.25, -0.2) is 13.8 Å². The molecule has 0 amide bonds. The van der Waals surface area contributed by atoms with Crippen molar-refractivity contribution in [1.82, 2.24) is 4.98 Å². The van der Waals surface area contributed by atoms with E-state index in [0.29, 0.717) is 10.0 Å². The number of ether oxygens (including phenoxy) is 1. The first-order chi connectivity index (χ1) is 7.10. The van der Waals surface area contributed by atoms with Crippen LogP contribution in [0.3, 0.4) is 0 Å². The summed E-state index contributed by atoms with van der Waals surface area (Å²) in [4.78, 5) is 3.89. The summed E-state index contributed by atoms with van der Waals surface area (Å²) < 4.78 is 30.8. The van der Waals surface area contributed by atoms with E-state index in [2.05, 4.69) is 20.9 Å². The molecule has 6 heteroatoms. The van der Waals surface area contributed by atoms with E-state index in [1.165, 1.54) is 13.3 Å². The van der Waals surface area contributed by atoms with E-state index in [0.717, 1.165) is 0 Å². The molecule has 15 heavy (non-hydrogen) atoms. The van der Waals surface area contributed by atoms with Crippen molar-refractivity contribution < 1.29 is 13.5 Å². The highest BCUT2D eigenvalue weighted by molar-refractivity contribution is 9.10. The Morgan fingerprint density at radius 1 is 1.60 bits per heavy atom. The molecule has 0 saturated carbocycles. The Morgan fingerprint density at radius 3 is 2.73 bits per heavy atom. The number of hydrogen-bond acceptors (Lipinski definition) is 3. The van der Waals surface area contributed by atoms with Crippen LogP contribution in [0.5, 0.6) is 5.88 Å². The summed E-state index contributed by atoms with van der Waals surface area (Å²) >= 11 is 3.17. The normalized spacial score (nSPS) is 12.9. The van der Waals surface area contributed by atoms with Crippen LogP contribution in [0.2, 0.25) is 0 Å². The third-order valence-corrected chi connectivity index (χ3v) is 2.43. The standard InChI is InChI=1S/C9H11BrF2N2O/c1-15-9-6(2-5(10)4-14-9)7(3-13)8(11)12/h2,4,7-8H,3,13H2,1H3. The van der Waals surface area contributed by atoms with Gasteiger partial charge >= 0.3 is 0 Å². The fourth-order valence-electron chi connectivity index (χ4n) is 1.24. The molecule has 3 nitrogen and oxygen atoms in total. The van der Waals surface area contributed by atoms with Gasteiger partial charge in [0.1, 0.15) is 0 Å². The van der Waals surface area contributed by atoms with Gasteiger partial charge in [0.2, 0.25) is 12.3 Å². The highest BCUT2D eigenvalue weighted by Crippen LogP contribution is 2.30. The number of alkyl halides is 2. The highest BCUT2D eigenvalue weighted by Gasteiger charge is 2.25. The van der Waals surface area contributed by atoms with E-state index < -0.39 is 12.3 Å². The zero-order valence-corrected chi connectivity index (χ0v) is 9.67. The second-order valence-electron chi connectivity index (χ2n) is 2.93. The summed E-state index contributed by atoms with van der Waals surface area (Å²) in [7, 11) is 1.39. The molecule has 1 aromatic rings. The number of nitrogens with zero attached hydrogens (tertiary/aromatic N) is 1. The molecule has 1 heterocycles. The molecule has 1 atom stereocenters.